The molecule has 0 radical (unpaired) electrons. The molecule has 1 saturated heterocycles. The Kier molecular flexibility index (Phi) is 11.5. The molecule has 3 amide bonds. The standard InChI is InChI=1S/C29H39N5O7/c30-14-2-1-4-23(29(40)41)32-26(37)24(17-19-8-12-21(36)13-9-19)33-27(38)25-5-3-15-34(25)28(39)22(31)16-18-6-10-20(35)11-7-18/h6-13,22-25,35-36H,1-5,14-17,30-31H2,(H,32,37)(H,33,38)(H,40,41). The second-order valence-corrected chi connectivity index (χ2v) is 10.3. The lowest BCUT2D eigenvalue weighted by atomic mass is 10.0. The minimum atomic E-state index is -1.19. The highest BCUT2D eigenvalue weighted by atomic mass is 16.4. The van der Waals surface area contributed by atoms with Gasteiger partial charge in [-0.2, -0.15) is 0 Å². The fourth-order valence-electron chi connectivity index (χ4n) is 4.86. The number of carboxylic acid groups (broad SMARTS) is 1. The summed E-state index contributed by atoms with van der Waals surface area (Å²) in [5.41, 5.74) is 13.1. The van der Waals surface area contributed by atoms with Gasteiger partial charge in [-0.15, -0.1) is 0 Å². The van der Waals surface area contributed by atoms with Gasteiger partial charge in [-0.3, -0.25) is 14.4 Å². The summed E-state index contributed by atoms with van der Waals surface area (Å²) in [6.45, 7) is 0.728. The molecule has 0 saturated carbocycles. The molecule has 2 aromatic carbocycles. The van der Waals surface area contributed by atoms with Crippen molar-refractivity contribution in [2.75, 3.05) is 13.1 Å². The lowest BCUT2D eigenvalue weighted by Gasteiger charge is -2.29. The van der Waals surface area contributed by atoms with Gasteiger partial charge in [0.1, 0.15) is 29.6 Å². The van der Waals surface area contributed by atoms with E-state index in [2.05, 4.69) is 10.6 Å². The molecule has 0 aromatic heterocycles. The number of likely N-dealkylation sites (tertiary alicyclic amines) is 1. The van der Waals surface area contributed by atoms with Crippen LogP contribution in [0, 0.1) is 0 Å². The van der Waals surface area contributed by atoms with Crippen LogP contribution in [0.15, 0.2) is 48.5 Å². The van der Waals surface area contributed by atoms with Crippen LogP contribution in [0.5, 0.6) is 11.5 Å². The van der Waals surface area contributed by atoms with Crippen molar-refractivity contribution in [2.24, 2.45) is 11.5 Å². The van der Waals surface area contributed by atoms with Crippen molar-refractivity contribution in [3.63, 3.8) is 0 Å². The lowest BCUT2D eigenvalue weighted by Crippen LogP contribution is -2.57. The van der Waals surface area contributed by atoms with Crippen molar-refractivity contribution in [3.05, 3.63) is 59.7 Å². The summed E-state index contributed by atoms with van der Waals surface area (Å²) in [5.74, 6) is -2.68. The largest absolute Gasteiger partial charge is 0.508 e. The van der Waals surface area contributed by atoms with Crippen molar-refractivity contribution in [1.82, 2.24) is 15.5 Å². The molecule has 1 fully saturated rings. The zero-order chi connectivity index (χ0) is 29.9. The molecule has 1 aliphatic heterocycles. The van der Waals surface area contributed by atoms with Gasteiger partial charge in [0, 0.05) is 13.0 Å². The van der Waals surface area contributed by atoms with Gasteiger partial charge in [0.05, 0.1) is 6.04 Å². The number of nitrogens with zero attached hydrogens (tertiary/aromatic N) is 1. The quantitative estimate of drug-likeness (QED) is 0.157. The Morgan fingerprint density at radius 1 is 0.878 bits per heavy atom. The Labute approximate surface area is 238 Å². The van der Waals surface area contributed by atoms with Crippen LogP contribution in [0.1, 0.15) is 43.2 Å². The van der Waals surface area contributed by atoms with E-state index in [1.54, 1.807) is 24.3 Å². The van der Waals surface area contributed by atoms with E-state index in [1.165, 1.54) is 29.2 Å². The van der Waals surface area contributed by atoms with E-state index < -0.39 is 47.9 Å². The second-order valence-electron chi connectivity index (χ2n) is 10.3. The average Bonchev–Trinajstić information content (AvgIpc) is 3.44. The Bertz CT molecular complexity index is 1190. The SMILES string of the molecule is NCCCCC(NC(=O)C(Cc1ccc(O)cc1)NC(=O)C1CCCN1C(=O)C(N)Cc1ccc(O)cc1)C(=O)O. The molecule has 41 heavy (non-hydrogen) atoms. The molecule has 222 valence electrons. The monoisotopic (exact) mass is 569 g/mol. The van der Waals surface area contributed by atoms with Crippen molar-refractivity contribution >= 4 is 23.7 Å². The molecule has 4 unspecified atom stereocenters. The van der Waals surface area contributed by atoms with E-state index in [0.29, 0.717) is 44.3 Å². The van der Waals surface area contributed by atoms with E-state index in [9.17, 15) is 34.5 Å². The Morgan fingerprint density at radius 3 is 2.02 bits per heavy atom. The number of phenols is 2. The molecule has 0 spiro atoms. The lowest BCUT2D eigenvalue weighted by molar-refractivity contribution is -0.143. The molecule has 1 heterocycles. The number of amides is 3. The smallest absolute Gasteiger partial charge is 0.326 e. The normalized spacial score (nSPS) is 16.9. The second kappa shape index (κ2) is 15.0. The van der Waals surface area contributed by atoms with Gasteiger partial charge in [-0.05, 0) is 80.5 Å². The molecule has 0 aliphatic carbocycles. The third kappa shape index (κ3) is 9.19. The third-order valence-corrected chi connectivity index (χ3v) is 7.12. The van der Waals surface area contributed by atoms with Crippen LogP contribution in [0.3, 0.4) is 0 Å². The molecule has 2 aromatic rings. The zero-order valence-corrected chi connectivity index (χ0v) is 22.9. The minimum absolute atomic E-state index is 0.0355. The molecule has 9 N–H and O–H groups in total. The van der Waals surface area contributed by atoms with Crippen molar-refractivity contribution in [1.29, 1.82) is 0 Å². The number of aromatic hydroxyl groups is 2. The fraction of sp³-hybridized carbons (Fsp3) is 0.448. The minimum Gasteiger partial charge on any atom is -0.508 e. The Morgan fingerprint density at radius 2 is 1.46 bits per heavy atom. The predicted octanol–water partition coefficient (Wildman–Crippen LogP) is 0.385. The molecule has 0 bridgehead atoms. The van der Waals surface area contributed by atoms with Gasteiger partial charge >= 0.3 is 5.97 Å². The van der Waals surface area contributed by atoms with E-state index in [1.807, 2.05) is 0 Å². The van der Waals surface area contributed by atoms with Crippen LogP contribution in [-0.2, 0) is 32.0 Å². The number of benzene rings is 2. The number of nitrogens with one attached hydrogen (secondary N) is 2. The number of hydrogen-bond donors (Lipinski definition) is 7. The van der Waals surface area contributed by atoms with Crippen LogP contribution in [0.2, 0.25) is 0 Å². The maximum absolute atomic E-state index is 13.4. The van der Waals surface area contributed by atoms with Gasteiger partial charge in [0.2, 0.25) is 17.7 Å². The first kappa shape index (κ1) is 31.4. The van der Waals surface area contributed by atoms with Gasteiger partial charge in [-0.1, -0.05) is 24.3 Å². The van der Waals surface area contributed by atoms with E-state index in [4.69, 9.17) is 11.5 Å². The number of unbranched alkanes of at least 4 members (excludes halogenated alkanes) is 1. The van der Waals surface area contributed by atoms with Gasteiger partial charge in [-0.25, -0.2) is 4.79 Å². The molecule has 12 nitrogen and oxygen atoms in total. The highest BCUT2D eigenvalue weighted by Crippen LogP contribution is 2.20. The molecule has 3 rings (SSSR count). The van der Waals surface area contributed by atoms with E-state index in [0.717, 1.165) is 5.56 Å². The molecular weight excluding hydrogens is 530 g/mol. The number of carboxylic acids is 1. The molecule has 12 heteroatoms. The molecular formula is C29H39N5O7. The van der Waals surface area contributed by atoms with Gasteiger partial charge in [0.15, 0.2) is 0 Å². The number of aliphatic carboxylic acids is 1. The van der Waals surface area contributed by atoms with E-state index in [-0.39, 0.29) is 30.8 Å². The zero-order valence-electron chi connectivity index (χ0n) is 22.9. The van der Waals surface area contributed by atoms with Crippen molar-refractivity contribution < 1.29 is 34.5 Å². The summed E-state index contributed by atoms with van der Waals surface area (Å²) < 4.78 is 0. The van der Waals surface area contributed by atoms with Crippen LogP contribution >= 0.6 is 0 Å². The third-order valence-electron chi connectivity index (χ3n) is 7.12. The fourth-order valence-corrected chi connectivity index (χ4v) is 4.86. The number of carbonyl (C=O) groups excluding carboxylic acids is 3. The van der Waals surface area contributed by atoms with Crippen LogP contribution in [-0.4, -0.2) is 81.2 Å². The number of phenolic OH excluding ortho intramolecular Hbond substituents is 2. The first-order valence-electron chi connectivity index (χ1n) is 13.7. The highest BCUT2D eigenvalue weighted by Gasteiger charge is 2.38. The van der Waals surface area contributed by atoms with Gasteiger partial charge in [0.25, 0.3) is 0 Å². The maximum Gasteiger partial charge on any atom is 0.326 e. The number of rotatable bonds is 14. The average molecular weight is 570 g/mol. The summed E-state index contributed by atoms with van der Waals surface area (Å²) in [4.78, 5) is 53.1. The summed E-state index contributed by atoms with van der Waals surface area (Å²) in [5, 5.41) is 34.0. The Balaban J connectivity index is 1.72. The van der Waals surface area contributed by atoms with Crippen LogP contribution in [0.4, 0.5) is 0 Å². The van der Waals surface area contributed by atoms with Gasteiger partial charge < -0.3 is 42.3 Å². The summed E-state index contributed by atoms with van der Waals surface area (Å²) in [6, 6.07) is 8.41. The van der Waals surface area contributed by atoms with Crippen LogP contribution < -0.4 is 22.1 Å². The first-order chi connectivity index (χ1) is 19.6. The topological polar surface area (TPSA) is 208 Å². The molecule has 1 aliphatic rings. The number of hydrogen-bond acceptors (Lipinski definition) is 8. The number of carbonyl (C=O) groups is 4. The maximum atomic E-state index is 13.4. The van der Waals surface area contributed by atoms with Crippen molar-refractivity contribution in [3.8, 4) is 11.5 Å². The molecule has 4 atom stereocenters. The van der Waals surface area contributed by atoms with Crippen LogP contribution in [0.25, 0.3) is 0 Å². The first-order valence-corrected chi connectivity index (χ1v) is 13.7. The Hall–Kier alpha value is -4.16. The summed E-state index contributed by atoms with van der Waals surface area (Å²) in [6.07, 6.45) is 2.51. The van der Waals surface area contributed by atoms with E-state index >= 15 is 0 Å². The highest BCUT2D eigenvalue weighted by molar-refractivity contribution is 5.94. The van der Waals surface area contributed by atoms with Crippen molar-refractivity contribution in [2.45, 2.75) is 69.1 Å². The number of nitrogens with two attached hydrogens (primary N) is 2. The summed E-state index contributed by atoms with van der Waals surface area (Å²) >= 11 is 0. The predicted molar refractivity (Wildman–Crippen MR) is 151 cm³/mol. The summed E-state index contributed by atoms with van der Waals surface area (Å²) in [7, 11) is 0.